The predicted molar refractivity (Wildman–Crippen MR) is 135 cm³/mol. The van der Waals surface area contributed by atoms with Gasteiger partial charge in [-0.1, -0.05) is 54.6 Å². The number of rotatable bonds is 7. The summed E-state index contributed by atoms with van der Waals surface area (Å²) in [4.78, 5) is 19.7. The van der Waals surface area contributed by atoms with Gasteiger partial charge in [0.1, 0.15) is 20.9 Å². The van der Waals surface area contributed by atoms with E-state index >= 15 is 0 Å². The fourth-order valence-corrected chi connectivity index (χ4v) is 8.34. The lowest BCUT2D eigenvalue weighted by Crippen LogP contribution is -2.35. The Morgan fingerprint density at radius 1 is 0.839 bits per heavy atom. The number of carbonyl (C=O) groups is 1. The van der Waals surface area contributed by atoms with Crippen molar-refractivity contribution in [2.75, 3.05) is 21.2 Å². The van der Waals surface area contributed by atoms with Crippen molar-refractivity contribution in [1.29, 1.82) is 0 Å². The molecule has 0 fully saturated rings. The van der Waals surface area contributed by atoms with E-state index in [2.05, 4.69) is 41.4 Å². The molecule has 0 atom stereocenters. The standard InChI is InChI=1S/C25H25N2O2PS/c1-27(2)19-26-24(31)23(25(28)29-3)30(20-13-7-4-8-14-20,21-15-9-5-10-16-21)22-17-11-6-12-18-22/h4-19H,1-3H3/p+1/b26-19+. The third kappa shape index (κ3) is 4.73. The van der Waals surface area contributed by atoms with Gasteiger partial charge in [0.25, 0.3) is 0 Å². The average Bonchev–Trinajstić information content (AvgIpc) is 2.82. The van der Waals surface area contributed by atoms with Crippen LogP contribution < -0.4 is 15.9 Å². The minimum atomic E-state index is -2.66. The summed E-state index contributed by atoms with van der Waals surface area (Å²) in [6.45, 7) is 0. The number of aliphatic imine (C=N–C) groups is 1. The molecule has 3 aromatic rings. The Labute approximate surface area is 190 Å². The molecular formula is C25H26N2O2PS+. The van der Waals surface area contributed by atoms with Crippen molar-refractivity contribution >= 4 is 48.1 Å². The summed E-state index contributed by atoms with van der Waals surface area (Å²) in [5.74, 6) is -0.439. The van der Waals surface area contributed by atoms with Crippen LogP contribution in [0.4, 0.5) is 0 Å². The van der Waals surface area contributed by atoms with Crippen LogP contribution in [-0.2, 0) is 9.53 Å². The molecule has 0 saturated carbocycles. The number of ether oxygens (including phenoxy) is 1. The molecule has 0 heterocycles. The summed E-state index contributed by atoms with van der Waals surface area (Å²) in [6.07, 6.45) is 1.64. The van der Waals surface area contributed by atoms with Gasteiger partial charge in [0.2, 0.25) is 5.31 Å². The molecule has 6 heteroatoms. The normalized spacial score (nSPS) is 12.4. The maximum Gasteiger partial charge on any atom is 0.377 e. The van der Waals surface area contributed by atoms with E-state index < -0.39 is 13.2 Å². The summed E-state index contributed by atoms with van der Waals surface area (Å²) in [5.41, 5.74) is 0. The van der Waals surface area contributed by atoms with Crippen LogP contribution >= 0.6 is 19.9 Å². The highest BCUT2D eigenvalue weighted by molar-refractivity contribution is 8.00. The van der Waals surface area contributed by atoms with E-state index in [1.54, 1.807) is 11.2 Å². The molecule has 31 heavy (non-hydrogen) atoms. The van der Waals surface area contributed by atoms with Gasteiger partial charge in [-0.25, -0.2) is 9.79 Å². The number of methoxy groups -OCH3 is 1. The third-order valence-electron chi connectivity index (χ3n) is 4.77. The Bertz CT molecular complexity index is 972. The second-order valence-corrected chi connectivity index (χ2v) is 10.8. The van der Waals surface area contributed by atoms with Crippen LogP contribution in [0.1, 0.15) is 0 Å². The topological polar surface area (TPSA) is 41.9 Å². The molecule has 0 aliphatic heterocycles. The van der Waals surface area contributed by atoms with E-state index in [-0.39, 0.29) is 0 Å². The van der Waals surface area contributed by atoms with Gasteiger partial charge in [-0.2, -0.15) is 0 Å². The molecule has 0 aliphatic carbocycles. The zero-order valence-corrected chi connectivity index (χ0v) is 19.6. The minimum Gasteiger partial charge on any atom is -0.463 e. The van der Waals surface area contributed by atoms with Crippen LogP contribution in [0.25, 0.3) is 0 Å². The van der Waals surface area contributed by atoms with Crippen LogP contribution in [0.15, 0.2) is 106 Å². The summed E-state index contributed by atoms with van der Waals surface area (Å²) in [6, 6.07) is 30.3. The van der Waals surface area contributed by atoms with Gasteiger partial charge in [-0.05, 0) is 36.4 Å². The lowest BCUT2D eigenvalue weighted by molar-refractivity contribution is -0.135. The molecule has 0 saturated heterocycles. The van der Waals surface area contributed by atoms with Gasteiger partial charge < -0.3 is 9.64 Å². The van der Waals surface area contributed by atoms with Crippen LogP contribution in [0.5, 0.6) is 0 Å². The highest BCUT2D eigenvalue weighted by Gasteiger charge is 2.54. The number of esters is 1. The average molecular weight is 450 g/mol. The third-order valence-corrected chi connectivity index (χ3v) is 9.57. The smallest absolute Gasteiger partial charge is 0.377 e. The molecule has 4 nitrogen and oxygen atoms in total. The largest absolute Gasteiger partial charge is 0.463 e. The van der Waals surface area contributed by atoms with Crippen molar-refractivity contribution in [3.63, 3.8) is 0 Å². The summed E-state index contributed by atoms with van der Waals surface area (Å²) >= 11 is 4.72. The van der Waals surface area contributed by atoms with Crippen molar-refractivity contribution in [1.82, 2.24) is 4.90 Å². The van der Waals surface area contributed by atoms with Crippen molar-refractivity contribution in [2.24, 2.45) is 4.99 Å². The lowest BCUT2D eigenvalue weighted by atomic mass is 10.3. The van der Waals surface area contributed by atoms with Crippen molar-refractivity contribution in [2.45, 2.75) is 0 Å². The summed E-state index contributed by atoms with van der Waals surface area (Å²) < 4.78 is 5.31. The molecule has 0 amide bonds. The van der Waals surface area contributed by atoms with Crippen LogP contribution in [0.2, 0.25) is 0 Å². The lowest BCUT2D eigenvalue weighted by Gasteiger charge is -2.28. The van der Waals surface area contributed by atoms with Gasteiger partial charge in [0, 0.05) is 14.1 Å². The molecular weight excluding hydrogens is 423 g/mol. The molecule has 0 unspecified atom stereocenters. The van der Waals surface area contributed by atoms with E-state index in [4.69, 9.17) is 17.4 Å². The monoisotopic (exact) mass is 449 g/mol. The zero-order valence-electron chi connectivity index (χ0n) is 17.8. The quantitative estimate of drug-likeness (QED) is 0.149. The maximum atomic E-state index is 13.4. The van der Waals surface area contributed by atoms with E-state index in [1.165, 1.54) is 7.11 Å². The fourth-order valence-electron chi connectivity index (χ4n) is 3.50. The second kappa shape index (κ2) is 10.4. The van der Waals surface area contributed by atoms with Crippen molar-refractivity contribution in [3.8, 4) is 0 Å². The van der Waals surface area contributed by atoms with Crippen LogP contribution in [-0.4, -0.2) is 38.4 Å². The second-order valence-electron chi connectivity index (χ2n) is 7.05. The first-order chi connectivity index (χ1) is 15.0. The molecule has 3 rings (SSSR count). The first-order valence-electron chi connectivity index (χ1n) is 9.80. The molecule has 3 aromatic carbocycles. The molecule has 0 aliphatic rings. The number of thiol groups is 1. The zero-order chi connectivity index (χ0) is 22.3. The van der Waals surface area contributed by atoms with Gasteiger partial charge in [-0.15, -0.1) is 12.6 Å². The first kappa shape index (κ1) is 22.8. The van der Waals surface area contributed by atoms with E-state index in [1.807, 2.05) is 68.7 Å². The van der Waals surface area contributed by atoms with E-state index in [0.717, 1.165) is 15.9 Å². The van der Waals surface area contributed by atoms with Crippen molar-refractivity contribution < 1.29 is 9.53 Å². The molecule has 0 bridgehead atoms. The predicted octanol–water partition coefficient (Wildman–Crippen LogP) is 3.84. The molecule has 0 spiro atoms. The molecule has 158 valence electrons. The molecule has 0 aromatic heterocycles. The number of benzene rings is 3. The van der Waals surface area contributed by atoms with Gasteiger partial charge in [0.05, 0.1) is 13.4 Å². The van der Waals surface area contributed by atoms with E-state index in [0.29, 0.717) is 10.3 Å². The Morgan fingerprint density at radius 3 is 1.55 bits per heavy atom. The number of hydrogen-bond donors (Lipinski definition) is 1. The Morgan fingerprint density at radius 2 is 1.23 bits per heavy atom. The number of carbonyl (C=O) groups excluding carboxylic acids is 1. The van der Waals surface area contributed by atoms with Crippen LogP contribution in [0, 0.1) is 0 Å². The van der Waals surface area contributed by atoms with Gasteiger partial charge in [-0.3, -0.25) is 0 Å². The first-order valence-corrected chi connectivity index (χ1v) is 12.0. The molecule has 0 N–H and O–H groups in total. The SMILES string of the molecule is COC(=O)/C(=C(S)\N=C\N(C)C)[P+](c1ccccc1)(c1ccccc1)c1ccccc1. The highest BCUT2D eigenvalue weighted by Crippen LogP contribution is 2.64. The van der Waals surface area contributed by atoms with Gasteiger partial charge in [0.15, 0.2) is 7.26 Å². The maximum absolute atomic E-state index is 13.4. The fraction of sp³-hybridized carbons (Fsp3) is 0.120. The van der Waals surface area contributed by atoms with Crippen LogP contribution in [0.3, 0.4) is 0 Å². The summed E-state index contributed by atoms with van der Waals surface area (Å²) in [7, 11) is 2.48. The molecule has 0 radical (unpaired) electrons. The number of nitrogens with zero attached hydrogens (tertiary/aromatic N) is 2. The Hall–Kier alpha value is -2.88. The van der Waals surface area contributed by atoms with E-state index in [9.17, 15) is 4.79 Å². The summed E-state index contributed by atoms with van der Waals surface area (Å²) in [5, 5.41) is 3.88. The highest BCUT2D eigenvalue weighted by atomic mass is 32.1. The minimum absolute atomic E-state index is 0.338. The van der Waals surface area contributed by atoms with Crippen molar-refractivity contribution in [3.05, 3.63) is 101 Å². The number of hydrogen-bond acceptors (Lipinski definition) is 4. The van der Waals surface area contributed by atoms with Gasteiger partial charge >= 0.3 is 5.97 Å². The Balaban J connectivity index is 2.52. The Kier molecular flexibility index (Phi) is 7.67.